The largest absolute Gasteiger partial charge is 0.479 e. The zero-order valence-electron chi connectivity index (χ0n) is 34.1. The molecule has 21 nitrogen and oxygen atoms in total. The predicted octanol–water partition coefficient (Wildman–Crippen LogP) is 3.22. The van der Waals surface area contributed by atoms with Gasteiger partial charge in [-0.25, -0.2) is 38.4 Å². The molecular formula is C41H52N2O19. The summed E-state index contributed by atoms with van der Waals surface area (Å²) in [6.07, 6.45) is 1.82. The lowest BCUT2D eigenvalue weighted by molar-refractivity contribution is -0.146. The minimum Gasteiger partial charge on any atom is -0.479 e. The Hall–Kier alpha value is -7.94. The fourth-order valence-electron chi connectivity index (χ4n) is 4.67. The van der Waals surface area contributed by atoms with Crippen LogP contribution < -0.4 is 10.6 Å². The Morgan fingerprint density at radius 2 is 0.855 bits per heavy atom. The smallest absolute Gasteiger partial charge is 0.347 e. The van der Waals surface area contributed by atoms with Crippen LogP contribution in [-0.4, -0.2) is 119 Å². The third-order valence-electron chi connectivity index (χ3n) is 7.72. The van der Waals surface area contributed by atoms with E-state index in [4.69, 9.17) is 45.6 Å². The molecule has 0 aliphatic carbocycles. The summed E-state index contributed by atoms with van der Waals surface area (Å²) >= 11 is 0. The maximum absolute atomic E-state index is 11.0. The van der Waals surface area contributed by atoms with Crippen LogP contribution in [0, 0.1) is 10.8 Å². The van der Waals surface area contributed by atoms with Crippen molar-refractivity contribution in [1.82, 2.24) is 10.6 Å². The fraction of sp³-hybridized carbons (Fsp3) is 0.268. The van der Waals surface area contributed by atoms with Gasteiger partial charge in [0.15, 0.2) is 6.10 Å². The number of carbonyl (C=O) groups is 10. The van der Waals surface area contributed by atoms with Gasteiger partial charge in [-0.3, -0.25) is 9.59 Å². The molecule has 0 spiro atoms. The van der Waals surface area contributed by atoms with Crippen molar-refractivity contribution in [3.63, 3.8) is 0 Å². The van der Waals surface area contributed by atoms with Gasteiger partial charge in [0, 0.05) is 33.4 Å². The lowest BCUT2D eigenvalue weighted by Gasteiger charge is -2.33. The molecule has 0 saturated heterocycles. The SMILES string of the molecule is C=C(C(=O)O)C(CC)(C(=C)C(=O)O)C(=C)C(=O)O.C=C(CC(C)(CC(=C)C(=O)O)CC(=C)C(=O)O)C(=O)O.C=CC(=O)NC(NC(=O)C=C)C(=O)O.C=CCOC(C=C)C(=O)O. The zero-order chi connectivity index (χ0) is 49.9. The third kappa shape index (κ3) is 22.3. The number of hydrogen-bond acceptors (Lipinski definition) is 11. The zero-order valence-corrected chi connectivity index (χ0v) is 34.1. The molecule has 0 fully saturated rings. The van der Waals surface area contributed by atoms with E-state index in [2.05, 4.69) is 65.8 Å². The van der Waals surface area contributed by atoms with Crippen LogP contribution in [0.5, 0.6) is 0 Å². The molecule has 0 aromatic heterocycles. The van der Waals surface area contributed by atoms with Gasteiger partial charge in [0.25, 0.3) is 0 Å². The molecule has 0 aromatic carbocycles. The maximum Gasteiger partial charge on any atom is 0.347 e. The Kier molecular flexibility index (Phi) is 28.7. The second kappa shape index (κ2) is 29.3. The molecule has 0 rings (SSSR count). The van der Waals surface area contributed by atoms with Crippen LogP contribution >= 0.6 is 0 Å². The van der Waals surface area contributed by atoms with Gasteiger partial charge in [0.2, 0.25) is 18.0 Å². The quantitative estimate of drug-likeness (QED) is 0.0339. The van der Waals surface area contributed by atoms with Crippen molar-refractivity contribution in [1.29, 1.82) is 0 Å². The number of amides is 2. The molecule has 0 aromatic rings. The van der Waals surface area contributed by atoms with Crippen molar-refractivity contribution in [2.45, 2.75) is 51.8 Å². The van der Waals surface area contributed by atoms with Gasteiger partial charge in [0.05, 0.1) is 12.0 Å². The highest BCUT2D eigenvalue weighted by Crippen LogP contribution is 2.44. The van der Waals surface area contributed by atoms with Crippen LogP contribution in [0.15, 0.2) is 124 Å². The van der Waals surface area contributed by atoms with E-state index in [1.807, 2.05) is 10.6 Å². The average Bonchev–Trinajstić information content (AvgIpc) is 3.17. The summed E-state index contributed by atoms with van der Waals surface area (Å²) in [5.74, 6) is -11.9. The Morgan fingerprint density at radius 1 is 0.548 bits per heavy atom. The van der Waals surface area contributed by atoms with Crippen molar-refractivity contribution in [3.8, 4) is 0 Å². The number of carboxylic acid groups (broad SMARTS) is 8. The monoisotopic (exact) mass is 876 g/mol. The van der Waals surface area contributed by atoms with Gasteiger partial charge in [-0.2, -0.15) is 0 Å². The number of nitrogens with one attached hydrogen (secondary N) is 2. The average molecular weight is 877 g/mol. The summed E-state index contributed by atoms with van der Waals surface area (Å²) < 4.78 is 4.77. The van der Waals surface area contributed by atoms with E-state index < -0.39 is 99.4 Å². The third-order valence-corrected chi connectivity index (χ3v) is 7.72. The maximum atomic E-state index is 11.0. The standard InChI is InChI=1S/C14H18O6.C12H14O6.C8H10N2O4.C7H10O3/c1-8(11(15)16)5-14(4,6-9(2)12(17)18)7-10(3)13(19)20;1-5-12(6(2)9(13)14,7(3)10(15)16)8(4)11(17)18;1-3-5(11)9-7(8(13)14)10-6(12)4-2;1-3-5-10-6(4-2)7(8)9/h1-3,5-7H2,4H3,(H,15,16)(H,17,18)(H,19,20);2-5H2,1H3,(H,13,14)(H,15,16)(H,17,18);3-4,7H,1-2H2,(H,9,11)(H,10,12)(H,13,14);3-4,6H,1-2,5H2,(H,8,9). The first-order chi connectivity index (χ1) is 28.3. The predicted molar refractivity (Wildman–Crippen MR) is 221 cm³/mol. The van der Waals surface area contributed by atoms with E-state index in [0.717, 1.165) is 12.2 Å². The summed E-state index contributed by atoms with van der Waals surface area (Å²) in [6.45, 7) is 36.1. The van der Waals surface area contributed by atoms with Gasteiger partial charge in [-0.05, 0) is 43.3 Å². The highest BCUT2D eigenvalue weighted by Gasteiger charge is 2.46. The fourth-order valence-corrected chi connectivity index (χ4v) is 4.67. The highest BCUT2D eigenvalue weighted by molar-refractivity contribution is 6.02. The van der Waals surface area contributed by atoms with Crippen LogP contribution in [-0.2, 0) is 52.7 Å². The van der Waals surface area contributed by atoms with Gasteiger partial charge in [-0.1, -0.05) is 85.2 Å². The van der Waals surface area contributed by atoms with Crippen molar-refractivity contribution in [2.24, 2.45) is 10.8 Å². The molecular weight excluding hydrogens is 824 g/mol. The first kappa shape index (κ1) is 60.7. The molecule has 1 atom stereocenters. The van der Waals surface area contributed by atoms with Gasteiger partial charge in [-0.15, -0.1) is 6.58 Å². The summed E-state index contributed by atoms with van der Waals surface area (Å²) in [6, 6.07) is 0. The van der Waals surface area contributed by atoms with Crippen LogP contribution in [0.3, 0.4) is 0 Å². The number of ether oxygens (including phenoxy) is 1. The molecule has 0 bridgehead atoms. The summed E-state index contributed by atoms with van der Waals surface area (Å²) in [5.41, 5.74) is -4.93. The second-order valence-corrected chi connectivity index (χ2v) is 12.5. The van der Waals surface area contributed by atoms with Crippen LogP contribution in [0.4, 0.5) is 0 Å². The normalized spacial score (nSPS) is 10.4. The van der Waals surface area contributed by atoms with Gasteiger partial charge < -0.3 is 56.2 Å². The van der Waals surface area contributed by atoms with E-state index in [9.17, 15) is 47.9 Å². The Bertz CT molecular complexity index is 1730. The van der Waals surface area contributed by atoms with Crippen LogP contribution in [0.25, 0.3) is 0 Å². The summed E-state index contributed by atoms with van der Waals surface area (Å²) in [4.78, 5) is 108. The summed E-state index contributed by atoms with van der Waals surface area (Å²) in [5, 5.41) is 74.3. The van der Waals surface area contributed by atoms with Crippen LogP contribution in [0.2, 0.25) is 0 Å². The van der Waals surface area contributed by atoms with E-state index in [0.29, 0.717) is 0 Å². The van der Waals surface area contributed by atoms with Gasteiger partial charge >= 0.3 is 47.8 Å². The molecule has 0 saturated carbocycles. The minimum absolute atomic E-state index is 0.0546. The number of carbonyl (C=O) groups excluding carboxylic acids is 2. The lowest BCUT2D eigenvalue weighted by atomic mass is 9.67. The Labute approximate surface area is 356 Å². The lowest BCUT2D eigenvalue weighted by Crippen LogP contribution is -2.52. The van der Waals surface area contributed by atoms with E-state index >= 15 is 0 Å². The van der Waals surface area contributed by atoms with Crippen molar-refractivity contribution < 1.29 is 93.5 Å². The van der Waals surface area contributed by atoms with Gasteiger partial charge in [0.1, 0.15) is 0 Å². The topological polar surface area (TPSA) is 366 Å². The molecule has 1 unspecified atom stereocenters. The first-order valence-corrected chi connectivity index (χ1v) is 17.0. The number of carboxylic acids is 8. The minimum atomic E-state index is -1.90. The van der Waals surface area contributed by atoms with Crippen LogP contribution in [0.1, 0.15) is 39.5 Å². The molecule has 340 valence electrons. The number of hydrogen-bond donors (Lipinski definition) is 10. The second-order valence-electron chi connectivity index (χ2n) is 12.5. The van der Waals surface area contributed by atoms with E-state index in [1.165, 1.54) is 19.1 Å². The first-order valence-electron chi connectivity index (χ1n) is 17.0. The summed E-state index contributed by atoms with van der Waals surface area (Å²) in [7, 11) is 0. The molecule has 10 N–H and O–H groups in total. The van der Waals surface area contributed by atoms with Crippen molar-refractivity contribution in [3.05, 3.63) is 124 Å². The molecule has 0 aliphatic rings. The molecule has 0 aliphatic heterocycles. The number of rotatable bonds is 26. The Balaban J connectivity index is -0.000000372. The van der Waals surface area contributed by atoms with E-state index in [-0.39, 0.29) is 49.0 Å². The molecule has 0 radical (unpaired) electrons. The molecule has 2 amide bonds. The highest BCUT2D eigenvalue weighted by atomic mass is 16.5. The van der Waals surface area contributed by atoms with Crippen molar-refractivity contribution >= 4 is 59.6 Å². The van der Waals surface area contributed by atoms with Crippen molar-refractivity contribution in [2.75, 3.05) is 6.61 Å². The molecule has 62 heavy (non-hydrogen) atoms. The molecule has 0 heterocycles. The number of aliphatic carboxylic acids is 8. The molecule has 21 heteroatoms. The van der Waals surface area contributed by atoms with E-state index in [1.54, 1.807) is 6.92 Å². The Morgan fingerprint density at radius 3 is 1.03 bits per heavy atom.